The molecule has 5 aliphatic rings. The van der Waals surface area contributed by atoms with Gasteiger partial charge in [-0.2, -0.15) is 0 Å². The van der Waals surface area contributed by atoms with Gasteiger partial charge >= 0.3 is 0 Å². The van der Waals surface area contributed by atoms with Crippen molar-refractivity contribution in [1.29, 1.82) is 0 Å². The molecule has 5 aliphatic carbocycles. The molecular formula is C18H12Cl12. The average Bonchev–Trinajstić information content (AvgIpc) is 3.41. The molecule has 0 bridgehead atoms. The van der Waals surface area contributed by atoms with Crippen molar-refractivity contribution >= 4 is 139 Å². The van der Waals surface area contributed by atoms with E-state index in [4.69, 9.17) is 139 Å². The molecule has 0 amide bonds. The highest BCUT2D eigenvalue weighted by Gasteiger charge is 3.00. The van der Waals surface area contributed by atoms with E-state index in [1.165, 1.54) is 0 Å². The van der Waals surface area contributed by atoms with Crippen LogP contribution in [0.1, 0.15) is 32.1 Å². The van der Waals surface area contributed by atoms with Crippen LogP contribution in [-0.4, -0.2) is 42.2 Å². The standard InChI is InChI=1S/C18H12Cl12/c19-10-6-11(10,20)12(21)7-13(12,22)16(26)9(10)4-3-8-2-1-5-14(23,24)15(8,25)17(27,28)18(16,29)30/h3-4H,1-2,5-7H2/b8-3-,9-4-. The first-order valence-electron chi connectivity index (χ1n) is 9.05. The van der Waals surface area contributed by atoms with E-state index >= 15 is 0 Å². The highest BCUT2D eigenvalue weighted by atomic mass is 35.5. The highest BCUT2D eigenvalue weighted by molar-refractivity contribution is 6.71. The van der Waals surface area contributed by atoms with Crippen LogP contribution in [0.25, 0.3) is 0 Å². The molecule has 168 valence electrons. The first-order valence-corrected chi connectivity index (χ1v) is 13.6. The van der Waals surface area contributed by atoms with Gasteiger partial charge in [0.1, 0.15) is 14.1 Å². The molecule has 6 unspecified atom stereocenters. The van der Waals surface area contributed by atoms with Gasteiger partial charge < -0.3 is 0 Å². The van der Waals surface area contributed by atoms with Crippen LogP contribution in [0.3, 0.4) is 0 Å². The second-order valence-corrected chi connectivity index (χ2v) is 16.7. The Morgan fingerprint density at radius 1 is 0.600 bits per heavy atom. The van der Waals surface area contributed by atoms with E-state index in [0.29, 0.717) is 36.8 Å². The van der Waals surface area contributed by atoms with E-state index in [1.807, 2.05) is 0 Å². The third-order valence-corrected chi connectivity index (χ3v) is 16.7. The Morgan fingerprint density at radius 3 is 1.77 bits per heavy atom. The molecule has 0 spiro atoms. The quantitative estimate of drug-likeness (QED) is 0.229. The number of allylic oxidation sites excluding steroid dienone is 4. The van der Waals surface area contributed by atoms with Gasteiger partial charge in [0.15, 0.2) is 8.67 Å². The molecule has 0 N–H and O–H groups in total. The minimum atomic E-state index is -2.23. The smallest absolute Gasteiger partial charge is 0.115 e. The fraction of sp³-hybridized carbons (Fsp3) is 0.778. The minimum Gasteiger partial charge on any atom is -0.115 e. The topological polar surface area (TPSA) is 0 Å². The maximum atomic E-state index is 7.28. The van der Waals surface area contributed by atoms with Crippen molar-refractivity contribution in [3.63, 3.8) is 0 Å². The van der Waals surface area contributed by atoms with Crippen LogP contribution in [0, 0.1) is 0 Å². The fourth-order valence-corrected chi connectivity index (χ4v) is 12.2. The maximum Gasteiger partial charge on any atom is 0.178 e. The van der Waals surface area contributed by atoms with Gasteiger partial charge in [0.25, 0.3) is 0 Å². The van der Waals surface area contributed by atoms with Crippen LogP contribution in [0.5, 0.6) is 0 Å². The van der Waals surface area contributed by atoms with Crippen molar-refractivity contribution in [2.75, 3.05) is 0 Å². The number of alkyl halides is 12. The van der Waals surface area contributed by atoms with Crippen molar-refractivity contribution in [2.24, 2.45) is 0 Å². The number of fused-ring (bicyclic) bond motifs is 7. The van der Waals surface area contributed by atoms with Gasteiger partial charge in [-0.1, -0.05) is 81.8 Å². The van der Waals surface area contributed by atoms with Gasteiger partial charge in [-0.3, -0.25) is 0 Å². The third-order valence-electron chi connectivity index (χ3n) is 7.55. The Bertz CT molecular complexity index is 939. The average molecular weight is 654 g/mol. The SMILES string of the molecule is ClC1(Cl)CCC/C2=C/C=C3/C4(Cl)CC4(Cl)C4(Cl)CC4(Cl)C3(Cl)C(Cl)(Cl)C(Cl)(Cl)C21Cl. The summed E-state index contributed by atoms with van der Waals surface area (Å²) in [6, 6.07) is 0. The van der Waals surface area contributed by atoms with Gasteiger partial charge in [0, 0.05) is 0 Å². The van der Waals surface area contributed by atoms with Crippen molar-refractivity contribution in [3.05, 3.63) is 23.3 Å². The maximum absolute atomic E-state index is 7.28. The number of hydrogen-bond donors (Lipinski definition) is 0. The molecule has 0 radical (unpaired) electrons. The molecule has 0 aliphatic heterocycles. The second-order valence-electron chi connectivity index (χ2n) is 8.85. The minimum absolute atomic E-state index is 0.186. The Morgan fingerprint density at radius 2 is 1.17 bits per heavy atom. The lowest BCUT2D eigenvalue weighted by Crippen LogP contribution is -2.73. The van der Waals surface area contributed by atoms with E-state index in [1.54, 1.807) is 12.2 Å². The molecule has 5 rings (SSSR count). The summed E-state index contributed by atoms with van der Waals surface area (Å²) in [5.41, 5.74) is 0.963. The molecule has 12 heteroatoms. The lowest BCUT2D eigenvalue weighted by Gasteiger charge is -2.60. The molecule has 6 atom stereocenters. The molecule has 0 aromatic rings. The Hall–Kier alpha value is 2.96. The van der Waals surface area contributed by atoms with Crippen LogP contribution in [-0.2, 0) is 0 Å². The molecule has 0 aromatic carbocycles. The largest absolute Gasteiger partial charge is 0.178 e. The summed E-state index contributed by atoms with van der Waals surface area (Å²) in [5.74, 6) is 0. The summed E-state index contributed by atoms with van der Waals surface area (Å²) in [5, 5.41) is 0. The van der Waals surface area contributed by atoms with Gasteiger partial charge in [-0.15, -0.1) is 69.6 Å². The molecule has 30 heavy (non-hydrogen) atoms. The van der Waals surface area contributed by atoms with Gasteiger partial charge in [0.2, 0.25) is 0 Å². The van der Waals surface area contributed by atoms with E-state index in [0.717, 1.165) is 0 Å². The zero-order valence-corrected chi connectivity index (χ0v) is 23.8. The summed E-state index contributed by atoms with van der Waals surface area (Å²) in [6.07, 6.45) is 5.42. The summed E-state index contributed by atoms with van der Waals surface area (Å²) in [4.78, 5) is -8.36. The summed E-state index contributed by atoms with van der Waals surface area (Å²) >= 11 is 83.4. The molecule has 0 heterocycles. The van der Waals surface area contributed by atoms with Crippen LogP contribution in [0.4, 0.5) is 0 Å². The van der Waals surface area contributed by atoms with E-state index < -0.39 is 42.2 Å². The van der Waals surface area contributed by atoms with E-state index in [2.05, 4.69) is 0 Å². The van der Waals surface area contributed by atoms with Crippen LogP contribution in [0.15, 0.2) is 23.3 Å². The summed E-state index contributed by atoms with van der Waals surface area (Å²) < 4.78 is -6.04. The number of hydrogen-bond acceptors (Lipinski definition) is 0. The number of halogens is 12. The monoisotopic (exact) mass is 648 g/mol. The van der Waals surface area contributed by atoms with Crippen molar-refractivity contribution in [3.8, 4) is 0 Å². The lowest BCUT2D eigenvalue weighted by molar-refractivity contribution is 0.345. The van der Waals surface area contributed by atoms with Gasteiger partial charge in [-0.25, -0.2) is 0 Å². The van der Waals surface area contributed by atoms with Crippen LogP contribution >= 0.6 is 139 Å². The molecule has 0 aromatic heterocycles. The molecule has 4 saturated carbocycles. The van der Waals surface area contributed by atoms with Crippen LogP contribution in [0.2, 0.25) is 0 Å². The first-order chi connectivity index (χ1) is 13.4. The summed E-state index contributed by atoms with van der Waals surface area (Å²) in [6.45, 7) is 0. The number of rotatable bonds is 0. The Kier molecular flexibility index (Phi) is 5.14. The van der Waals surface area contributed by atoms with Crippen molar-refractivity contribution < 1.29 is 0 Å². The summed E-state index contributed by atoms with van der Waals surface area (Å²) in [7, 11) is 0. The predicted octanol–water partition coefficient (Wildman–Crippen LogP) is 9.24. The fourth-order valence-electron chi connectivity index (χ4n) is 5.67. The van der Waals surface area contributed by atoms with Gasteiger partial charge in [0.05, 0.1) is 19.5 Å². The van der Waals surface area contributed by atoms with E-state index in [9.17, 15) is 0 Å². The Balaban J connectivity index is 1.87. The lowest BCUT2D eigenvalue weighted by atomic mass is 9.70. The zero-order chi connectivity index (χ0) is 22.6. The van der Waals surface area contributed by atoms with Gasteiger partial charge in [-0.05, 0) is 43.3 Å². The van der Waals surface area contributed by atoms with Crippen molar-refractivity contribution in [2.45, 2.75) is 74.3 Å². The molecule has 0 nitrogen and oxygen atoms in total. The normalized spacial score (nSPS) is 60.1. The molecule has 4 fully saturated rings. The first kappa shape index (κ1) is 24.6. The Labute approximate surface area is 234 Å². The predicted molar refractivity (Wildman–Crippen MR) is 134 cm³/mol. The third kappa shape index (κ3) is 2.18. The molecular weight excluding hydrogens is 642 g/mol. The zero-order valence-electron chi connectivity index (χ0n) is 14.7. The second kappa shape index (κ2) is 6.26. The van der Waals surface area contributed by atoms with Crippen molar-refractivity contribution in [1.82, 2.24) is 0 Å². The highest BCUT2D eigenvalue weighted by Crippen LogP contribution is 2.91. The molecule has 0 saturated heterocycles. The van der Waals surface area contributed by atoms with Crippen LogP contribution < -0.4 is 0 Å². The van der Waals surface area contributed by atoms with E-state index in [-0.39, 0.29) is 6.42 Å².